The van der Waals surface area contributed by atoms with Gasteiger partial charge in [0.05, 0.1) is 0 Å². The van der Waals surface area contributed by atoms with Gasteiger partial charge in [-0.25, -0.2) is 15.0 Å². The molecule has 13 heteroatoms. The topological polar surface area (TPSA) is 126 Å². The van der Waals surface area contributed by atoms with Crippen molar-refractivity contribution in [2.45, 2.75) is 33.8 Å². The molecule has 10 nitrogen and oxygen atoms in total. The highest BCUT2D eigenvalue weighted by Crippen LogP contribution is 2.33. The maximum Gasteiger partial charge on any atom is 0.277 e. The minimum atomic E-state index is -0.359. The van der Waals surface area contributed by atoms with Crippen molar-refractivity contribution in [3.8, 4) is 5.75 Å². The molecule has 0 aliphatic carbocycles. The molecule has 36 heavy (non-hydrogen) atoms. The Balaban J connectivity index is 1.49. The quantitative estimate of drug-likeness (QED) is 0.283. The van der Waals surface area contributed by atoms with Crippen molar-refractivity contribution in [2.75, 3.05) is 25.0 Å². The van der Waals surface area contributed by atoms with E-state index in [9.17, 15) is 9.59 Å². The van der Waals surface area contributed by atoms with E-state index in [0.29, 0.717) is 39.0 Å². The highest BCUT2D eigenvalue weighted by Gasteiger charge is 2.18. The number of aromatic amines is 1. The van der Waals surface area contributed by atoms with E-state index in [1.54, 1.807) is 28.6 Å². The zero-order valence-electron chi connectivity index (χ0n) is 19.5. The molecule has 2 amide bonds. The van der Waals surface area contributed by atoms with Crippen molar-refractivity contribution < 1.29 is 14.3 Å². The predicted octanol–water partition coefficient (Wildman–Crippen LogP) is 4.46. The highest BCUT2D eigenvalue weighted by molar-refractivity contribution is 7.99. The van der Waals surface area contributed by atoms with Gasteiger partial charge in [-0.05, 0) is 62.0 Å². The van der Waals surface area contributed by atoms with E-state index in [0.717, 1.165) is 4.90 Å². The number of thiazole rings is 1. The Morgan fingerprint density at radius 3 is 2.56 bits per heavy atom. The average Bonchev–Trinajstić information content (AvgIpc) is 3.60. The number of H-pyrrole nitrogens is 1. The van der Waals surface area contributed by atoms with Gasteiger partial charge < -0.3 is 9.64 Å². The van der Waals surface area contributed by atoms with Crippen molar-refractivity contribution in [3.05, 3.63) is 60.0 Å². The number of anilines is 1. The molecule has 0 radical (unpaired) electrons. The number of hydrogen-bond donors (Lipinski definition) is 2. The van der Waals surface area contributed by atoms with E-state index in [1.807, 2.05) is 38.1 Å². The third-order valence-corrected chi connectivity index (χ3v) is 7.40. The van der Waals surface area contributed by atoms with Crippen LogP contribution in [0.1, 0.15) is 24.3 Å². The van der Waals surface area contributed by atoms with Crippen LogP contribution in [0.3, 0.4) is 0 Å². The van der Waals surface area contributed by atoms with Crippen LogP contribution in [0, 0.1) is 0 Å². The molecule has 3 heterocycles. The maximum atomic E-state index is 13.1. The zero-order valence-corrected chi connectivity index (χ0v) is 22.0. The van der Waals surface area contributed by atoms with E-state index in [-0.39, 0.29) is 24.1 Å². The Kier molecular flexibility index (Phi) is 8.92. The minimum Gasteiger partial charge on any atom is -0.484 e. The second-order valence-electron chi connectivity index (χ2n) is 7.11. The summed E-state index contributed by atoms with van der Waals surface area (Å²) in [6.45, 7) is 5.16. The van der Waals surface area contributed by atoms with Gasteiger partial charge >= 0.3 is 0 Å². The van der Waals surface area contributed by atoms with Crippen LogP contribution in [-0.2, 0) is 4.79 Å². The number of rotatable bonds is 11. The van der Waals surface area contributed by atoms with Gasteiger partial charge in [-0.15, -0.1) is 11.3 Å². The van der Waals surface area contributed by atoms with Crippen LogP contribution in [0.5, 0.6) is 5.75 Å². The molecule has 0 bridgehead atoms. The summed E-state index contributed by atoms with van der Waals surface area (Å²) in [6.07, 6.45) is 3.04. The molecule has 0 saturated carbocycles. The fourth-order valence-corrected chi connectivity index (χ4v) is 5.15. The first-order valence-corrected chi connectivity index (χ1v) is 13.5. The zero-order chi connectivity index (χ0) is 25.3. The molecule has 4 rings (SSSR count). The second-order valence-corrected chi connectivity index (χ2v) is 10.1. The van der Waals surface area contributed by atoms with Crippen molar-refractivity contribution in [1.29, 1.82) is 0 Å². The van der Waals surface area contributed by atoms with Gasteiger partial charge in [0, 0.05) is 34.5 Å². The van der Waals surface area contributed by atoms with Gasteiger partial charge in [-0.1, -0.05) is 11.8 Å². The number of nitrogens with one attached hydrogen (secondary N) is 2. The molecule has 0 aliphatic rings. The van der Waals surface area contributed by atoms with E-state index in [2.05, 4.69) is 30.5 Å². The number of likely N-dealkylation sites (N-methyl/N-ethyl adjacent to an activating group) is 1. The number of hydrogen-bond acceptors (Lipinski definition) is 10. The summed E-state index contributed by atoms with van der Waals surface area (Å²) in [5.74, 6) is 0.185. The summed E-state index contributed by atoms with van der Waals surface area (Å²) in [6, 6.07) is 11.0. The van der Waals surface area contributed by atoms with Crippen molar-refractivity contribution >= 4 is 51.8 Å². The second kappa shape index (κ2) is 12.5. The molecule has 0 atom stereocenters. The van der Waals surface area contributed by atoms with Crippen molar-refractivity contribution in [2.24, 2.45) is 0 Å². The summed E-state index contributed by atoms with van der Waals surface area (Å²) in [5, 5.41) is 12.9. The Morgan fingerprint density at radius 1 is 1.08 bits per heavy atom. The number of amides is 2. The Hall–Kier alpha value is -3.42. The molecular formula is C23H23N7O3S3. The normalized spacial score (nSPS) is 10.7. The monoisotopic (exact) mass is 541 g/mol. The fourth-order valence-electron chi connectivity index (χ4n) is 3.06. The van der Waals surface area contributed by atoms with Gasteiger partial charge in [-0.3, -0.25) is 20.0 Å². The van der Waals surface area contributed by atoms with E-state index in [1.165, 1.54) is 41.2 Å². The van der Waals surface area contributed by atoms with Crippen molar-refractivity contribution in [1.82, 2.24) is 30.0 Å². The molecule has 186 valence electrons. The summed E-state index contributed by atoms with van der Waals surface area (Å²) < 4.78 is 5.64. The standard InChI is InChI=1S/C23H23N7O3S3/c1-3-30(4-2)19(31)13-33-15-5-7-16(8-6-15)35-17-9-10-18(36-23-25-14-26-29-23)27-20(17)21(32)28-22-24-11-12-34-22/h5-12,14H,3-4,13H2,1-2H3,(H,24,28,32)(H,25,26,29). The number of carbonyl (C=O) groups excluding carboxylic acids is 2. The van der Waals surface area contributed by atoms with E-state index < -0.39 is 0 Å². The summed E-state index contributed by atoms with van der Waals surface area (Å²) in [5.41, 5.74) is 0.268. The molecule has 0 unspecified atom stereocenters. The number of ether oxygens (including phenoxy) is 1. The highest BCUT2D eigenvalue weighted by atomic mass is 32.2. The largest absolute Gasteiger partial charge is 0.484 e. The first kappa shape index (κ1) is 25.7. The van der Waals surface area contributed by atoms with Crippen LogP contribution in [0.15, 0.2) is 74.3 Å². The van der Waals surface area contributed by atoms with Gasteiger partial charge in [-0.2, -0.15) is 5.10 Å². The lowest BCUT2D eigenvalue weighted by Crippen LogP contribution is -2.34. The first-order chi connectivity index (χ1) is 17.6. The Morgan fingerprint density at radius 2 is 1.89 bits per heavy atom. The third kappa shape index (κ3) is 6.83. The van der Waals surface area contributed by atoms with Crippen molar-refractivity contribution in [3.63, 3.8) is 0 Å². The molecule has 2 N–H and O–H groups in total. The van der Waals surface area contributed by atoms with Crippen LogP contribution < -0.4 is 10.1 Å². The van der Waals surface area contributed by atoms with Crippen LogP contribution >= 0.6 is 34.9 Å². The van der Waals surface area contributed by atoms with E-state index >= 15 is 0 Å². The predicted molar refractivity (Wildman–Crippen MR) is 139 cm³/mol. The third-order valence-electron chi connectivity index (χ3n) is 4.82. The lowest BCUT2D eigenvalue weighted by molar-refractivity contribution is -0.132. The van der Waals surface area contributed by atoms with Crippen LogP contribution in [0.2, 0.25) is 0 Å². The average molecular weight is 542 g/mol. The lowest BCUT2D eigenvalue weighted by Gasteiger charge is -2.18. The summed E-state index contributed by atoms with van der Waals surface area (Å²) in [7, 11) is 0. The minimum absolute atomic E-state index is 0.0104. The Labute approximate surface area is 220 Å². The van der Waals surface area contributed by atoms with Gasteiger partial charge in [0.25, 0.3) is 11.8 Å². The van der Waals surface area contributed by atoms with E-state index in [4.69, 9.17) is 4.74 Å². The van der Waals surface area contributed by atoms with Gasteiger partial charge in [0.15, 0.2) is 16.9 Å². The SMILES string of the molecule is CCN(CC)C(=O)COc1ccc(Sc2ccc(Sc3ncn[nH]3)nc2C(=O)Nc2nccs2)cc1. The molecule has 0 saturated heterocycles. The molecule has 0 fully saturated rings. The van der Waals surface area contributed by atoms with Crippen LogP contribution in [0.4, 0.5) is 5.13 Å². The molecule has 0 aliphatic heterocycles. The van der Waals surface area contributed by atoms with Crippen LogP contribution in [0.25, 0.3) is 0 Å². The van der Waals surface area contributed by atoms with Crippen LogP contribution in [-0.4, -0.2) is 61.6 Å². The number of aromatic nitrogens is 5. The fraction of sp³-hybridized carbons (Fsp3) is 0.217. The number of nitrogens with zero attached hydrogens (tertiary/aromatic N) is 5. The summed E-state index contributed by atoms with van der Waals surface area (Å²) in [4.78, 5) is 41.3. The molecule has 3 aromatic heterocycles. The molecular weight excluding hydrogens is 519 g/mol. The smallest absolute Gasteiger partial charge is 0.277 e. The van der Waals surface area contributed by atoms with Gasteiger partial charge in [0.2, 0.25) is 0 Å². The number of carbonyl (C=O) groups is 2. The first-order valence-electron chi connectivity index (χ1n) is 11.0. The van der Waals surface area contributed by atoms with Gasteiger partial charge in [0.1, 0.15) is 22.8 Å². The summed E-state index contributed by atoms with van der Waals surface area (Å²) >= 11 is 4.00. The lowest BCUT2D eigenvalue weighted by atomic mass is 10.3. The maximum absolute atomic E-state index is 13.1. The Bertz CT molecular complexity index is 1280. The molecule has 1 aromatic carbocycles. The molecule has 0 spiro atoms. The molecule has 4 aromatic rings. The number of pyridine rings is 1. The number of benzene rings is 1.